The van der Waals surface area contributed by atoms with Gasteiger partial charge in [0.05, 0.1) is 12.0 Å². The van der Waals surface area contributed by atoms with Crippen LogP contribution in [-0.4, -0.2) is 45.7 Å². The highest BCUT2D eigenvalue weighted by Gasteiger charge is 2.23. The number of piperazine rings is 1. The topological polar surface area (TPSA) is 50.1 Å². The van der Waals surface area contributed by atoms with Crippen LogP contribution in [0, 0.1) is 6.92 Å². The van der Waals surface area contributed by atoms with E-state index in [1.807, 2.05) is 13.4 Å². The van der Waals surface area contributed by atoms with Crippen LogP contribution < -0.4 is 9.80 Å². The molecule has 1 aliphatic rings. The summed E-state index contributed by atoms with van der Waals surface area (Å²) in [5.41, 5.74) is 9.58. The monoisotopic (exact) mass is 482 g/mol. The third kappa shape index (κ3) is 4.81. The van der Waals surface area contributed by atoms with Gasteiger partial charge in [-0.15, -0.1) is 0 Å². The molecule has 0 amide bonds. The van der Waals surface area contributed by atoms with E-state index in [2.05, 4.69) is 96.4 Å². The van der Waals surface area contributed by atoms with Crippen molar-refractivity contribution >= 4 is 22.8 Å². The Bertz CT molecular complexity index is 1350. The van der Waals surface area contributed by atoms with Gasteiger partial charge in [-0.1, -0.05) is 58.0 Å². The van der Waals surface area contributed by atoms with E-state index >= 15 is 0 Å². The molecule has 5 rings (SSSR count). The Hall–Kier alpha value is -3.41. The molecule has 0 saturated carbocycles. The molecule has 2 aromatic carbocycles. The minimum absolute atomic E-state index is 0.109. The Labute approximate surface area is 215 Å². The molecule has 188 valence electrons. The summed E-state index contributed by atoms with van der Waals surface area (Å²) in [6.07, 6.45) is 3.69. The molecule has 6 nitrogen and oxygen atoms in total. The molecule has 4 aromatic rings. The Morgan fingerprint density at radius 2 is 1.58 bits per heavy atom. The first-order chi connectivity index (χ1) is 17.2. The van der Waals surface area contributed by atoms with Crippen LogP contribution in [0.25, 0.3) is 11.2 Å². The van der Waals surface area contributed by atoms with Crippen molar-refractivity contribution < 1.29 is 0 Å². The fourth-order valence-electron chi connectivity index (χ4n) is 5.01. The Morgan fingerprint density at radius 1 is 0.889 bits per heavy atom. The minimum Gasteiger partial charge on any atom is -0.368 e. The summed E-state index contributed by atoms with van der Waals surface area (Å²) in [5.74, 6) is 0.793. The predicted octanol–water partition coefficient (Wildman–Crippen LogP) is 5.45. The van der Waals surface area contributed by atoms with Crippen molar-refractivity contribution in [2.45, 2.75) is 52.9 Å². The van der Waals surface area contributed by atoms with Gasteiger partial charge in [0.25, 0.3) is 0 Å². The van der Waals surface area contributed by atoms with Gasteiger partial charge >= 0.3 is 0 Å². The summed E-state index contributed by atoms with van der Waals surface area (Å²) in [7, 11) is 2.03. The first-order valence-electron chi connectivity index (χ1n) is 13.1. The second kappa shape index (κ2) is 9.57. The number of anilines is 2. The largest absolute Gasteiger partial charge is 0.368 e. The Balaban J connectivity index is 1.42. The van der Waals surface area contributed by atoms with Crippen molar-refractivity contribution in [3.05, 3.63) is 76.7 Å². The van der Waals surface area contributed by atoms with E-state index < -0.39 is 0 Å². The molecule has 3 heterocycles. The molecule has 0 aliphatic carbocycles. The third-order valence-electron chi connectivity index (χ3n) is 7.48. The fourth-order valence-corrected chi connectivity index (χ4v) is 5.01. The van der Waals surface area contributed by atoms with Gasteiger partial charge in [-0.2, -0.15) is 4.98 Å². The molecule has 36 heavy (non-hydrogen) atoms. The second-order valence-electron chi connectivity index (χ2n) is 11.1. The molecule has 0 spiro atoms. The lowest BCUT2D eigenvalue weighted by Crippen LogP contribution is -2.47. The van der Waals surface area contributed by atoms with Gasteiger partial charge in [0, 0.05) is 45.3 Å². The minimum atomic E-state index is 0.109. The highest BCUT2D eigenvalue weighted by Crippen LogP contribution is 2.28. The quantitative estimate of drug-likeness (QED) is 0.379. The summed E-state index contributed by atoms with van der Waals surface area (Å²) in [6, 6.07) is 15.8. The average molecular weight is 483 g/mol. The van der Waals surface area contributed by atoms with Crippen molar-refractivity contribution in [3.63, 3.8) is 0 Å². The number of benzene rings is 2. The number of imidazole rings is 1. The van der Waals surface area contributed by atoms with Crippen LogP contribution in [0.1, 0.15) is 55.6 Å². The fraction of sp³-hybridized carbons (Fsp3) is 0.433. The summed E-state index contributed by atoms with van der Waals surface area (Å²) in [6.45, 7) is 14.9. The average Bonchev–Trinajstić information content (AvgIpc) is 3.25. The van der Waals surface area contributed by atoms with Crippen molar-refractivity contribution in [2.24, 2.45) is 7.05 Å². The van der Waals surface area contributed by atoms with Gasteiger partial charge in [-0.05, 0) is 53.1 Å². The molecule has 6 heteroatoms. The van der Waals surface area contributed by atoms with Gasteiger partial charge in [-0.25, -0.2) is 9.97 Å². The van der Waals surface area contributed by atoms with Crippen LogP contribution in [0.5, 0.6) is 0 Å². The standard InChI is InChI=1S/C30H38N6/c1-7-22-9-12-25(13-10-22)35-14-16-36(17-15-35)29-32-26(27-28(33-29)31-20-34(27)6)19-23-18-24(30(3,4)5)11-8-21(23)2/h8-13,18,20H,7,14-17,19H2,1-6H3. The van der Waals surface area contributed by atoms with Crippen LogP contribution >= 0.6 is 0 Å². The number of fused-ring (bicyclic) bond motifs is 1. The molecule has 0 N–H and O–H groups in total. The molecule has 2 aromatic heterocycles. The lowest BCUT2D eigenvalue weighted by molar-refractivity contribution is 0.589. The van der Waals surface area contributed by atoms with Gasteiger partial charge in [0.2, 0.25) is 5.95 Å². The van der Waals surface area contributed by atoms with Crippen molar-refractivity contribution in [3.8, 4) is 0 Å². The molecule has 0 radical (unpaired) electrons. The molecule has 1 saturated heterocycles. The highest BCUT2D eigenvalue weighted by molar-refractivity contribution is 5.75. The van der Waals surface area contributed by atoms with Crippen molar-refractivity contribution in [2.75, 3.05) is 36.0 Å². The number of nitrogens with zero attached hydrogens (tertiary/aromatic N) is 6. The van der Waals surface area contributed by atoms with Gasteiger partial charge < -0.3 is 14.4 Å². The zero-order valence-electron chi connectivity index (χ0n) is 22.5. The molecule has 0 bridgehead atoms. The van der Waals surface area contributed by atoms with Crippen LogP contribution in [0.4, 0.5) is 11.6 Å². The van der Waals surface area contributed by atoms with Gasteiger partial charge in [-0.3, -0.25) is 0 Å². The summed E-state index contributed by atoms with van der Waals surface area (Å²) >= 11 is 0. The lowest BCUT2D eigenvalue weighted by Gasteiger charge is -2.36. The zero-order valence-corrected chi connectivity index (χ0v) is 22.5. The number of hydrogen-bond donors (Lipinski definition) is 0. The Morgan fingerprint density at radius 3 is 2.25 bits per heavy atom. The highest BCUT2D eigenvalue weighted by atomic mass is 15.3. The zero-order chi connectivity index (χ0) is 25.4. The summed E-state index contributed by atoms with van der Waals surface area (Å²) in [5, 5.41) is 0. The maximum absolute atomic E-state index is 5.14. The number of rotatable bonds is 5. The smallest absolute Gasteiger partial charge is 0.227 e. The maximum atomic E-state index is 5.14. The van der Waals surface area contributed by atoms with Crippen LogP contribution in [0.2, 0.25) is 0 Å². The van der Waals surface area contributed by atoms with Crippen LogP contribution in [0.3, 0.4) is 0 Å². The van der Waals surface area contributed by atoms with Crippen LogP contribution in [0.15, 0.2) is 48.8 Å². The molecular weight excluding hydrogens is 444 g/mol. The molecule has 1 aliphatic heterocycles. The normalized spacial score (nSPS) is 14.6. The van der Waals surface area contributed by atoms with Gasteiger partial charge in [0.15, 0.2) is 5.65 Å². The maximum Gasteiger partial charge on any atom is 0.227 e. The first-order valence-corrected chi connectivity index (χ1v) is 13.1. The molecule has 1 fully saturated rings. The molecule has 0 unspecified atom stereocenters. The molecular formula is C30H38N6. The first kappa shape index (κ1) is 24.3. The predicted molar refractivity (Wildman–Crippen MR) is 149 cm³/mol. The van der Waals surface area contributed by atoms with E-state index in [4.69, 9.17) is 9.97 Å². The van der Waals surface area contributed by atoms with E-state index in [9.17, 15) is 0 Å². The lowest BCUT2D eigenvalue weighted by atomic mass is 9.84. The number of aromatic nitrogens is 4. The number of hydrogen-bond acceptors (Lipinski definition) is 5. The van der Waals surface area contributed by atoms with Crippen LogP contribution in [-0.2, 0) is 25.3 Å². The van der Waals surface area contributed by atoms with E-state index in [0.29, 0.717) is 0 Å². The molecule has 0 atom stereocenters. The summed E-state index contributed by atoms with van der Waals surface area (Å²) < 4.78 is 2.05. The van der Waals surface area contributed by atoms with E-state index in [1.54, 1.807) is 0 Å². The second-order valence-corrected chi connectivity index (χ2v) is 11.1. The van der Waals surface area contributed by atoms with Gasteiger partial charge in [0.1, 0.15) is 5.52 Å². The van der Waals surface area contributed by atoms with Crippen molar-refractivity contribution in [1.29, 1.82) is 0 Å². The third-order valence-corrected chi connectivity index (χ3v) is 7.48. The number of aryl methyl sites for hydroxylation is 3. The Kier molecular flexibility index (Phi) is 6.45. The SMILES string of the molecule is CCc1ccc(N2CCN(c3nc(Cc4cc(C(C)(C)C)ccc4C)c4c(ncn4C)n3)CC2)cc1. The van der Waals surface area contributed by atoms with E-state index in [1.165, 1.54) is 27.9 Å². The van der Waals surface area contributed by atoms with E-state index in [-0.39, 0.29) is 5.41 Å². The van der Waals surface area contributed by atoms with Crippen molar-refractivity contribution in [1.82, 2.24) is 19.5 Å². The van der Waals surface area contributed by atoms with E-state index in [0.717, 1.165) is 61.8 Å². The summed E-state index contributed by atoms with van der Waals surface area (Å²) in [4.78, 5) is 19.4.